The van der Waals surface area contributed by atoms with Crippen LogP contribution >= 0.6 is 11.3 Å². The summed E-state index contributed by atoms with van der Waals surface area (Å²) in [6.07, 6.45) is 2.74. The fourth-order valence-electron chi connectivity index (χ4n) is 3.60. The van der Waals surface area contributed by atoms with Gasteiger partial charge in [0.2, 0.25) is 0 Å². The molecule has 0 aromatic carbocycles. The lowest BCUT2D eigenvalue weighted by atomic mass is 10.0. The monoisotopic (exact) mass is 465 g/mol. The number of aliphatic hydroxyl groups excluding tert-OH is 1. The van der Waals surface area contributed by atoms with E-state index in [-0.39, 0.29) is 16.0 Å². The average molecular weight is 466 g/mol. The van der Waals surface area contributed by atoms with Crippen LogP contribution in [0.25, 0.3) is 10.2 Å². The minimum atomic E-state index is -1.81. The Kier molecular flexibility index (Phi) is 7.00. The number of piperidine rings is 1. The number of carboxylic acid groups (broad SMARTS) is 1. The molecule has 9 heteroatoms. The molecular formula is C22H35N3O4SSi. The van der Waals surface area contributed by atoms with Gasteiger partial charge in [-0.25, -0.2) is 9.78 Å². The van der Waals surface area contributed by atoms with Crippen molar-refractivity contribution >= 4 is 47.3 Å². The lowest BCUT2D eigenvalue weighted by molar-refractivity contribution is 0.0703. The van der Waals surface area contributed by atoms with E-state index in [1.165, 1.54) is 0 Å². The third-order valence-corrected chi connectivity index (χ3v) is 12.2. The van der Waals surface area contributed by atoms with Crippen molar-refractivity contribution in [2.75, 3.05) is 30.3 Å². The van der Waals surface area contributed by atoms with Crippen molar-refractivity contribution in [3.8, 4) is 0 Å². The smallest absolute Gasteiger partial charge is 0.348 e. The Bertz CT molecular complexity index is 946. The molecular weight excluding hydrogens is 430 g/mol. The number of anilines is 2. The van der Waals surface area contributed by atoms with Crippen LogP contribution in [-0.2, 0) is 10.8 Å². The second kappa shape index (κ2) is 9.05. The summed E-state index contributed by atoms with van der Waals surface area (Å²) < 4.78 is 6.32. The fraction of sp³-hybridized carbons (Fsp3) is 0.636. The van der Waals surface area contributed by atoms with Crippen LogP contribution in [-0.4, -0.2) is 55.3 Å². The fourth-order valence-corrected chi connectivity index (χ4v) is 5.67. The normalized spacial score (nSPS) is 16.3. The summed E-state index contributed by atoms with van der Waals surface area (Å²) in [6.45, 7) is 13.3. The largest absolute Gasteiger partial charge is 0.477 e. The first-order valence-corrected chi connectivity index (χ1v) is 14.7. The number of rotatable bonds is 7. The molecule has 0 unspecified atom stereocenters. The zero-order valence-corrected chi connectivity index (χ0v) is 21.0. The van der Waals surface area contributed by atoms with Crippen molar-refractivity contribution in [3.63, 3.8) is 0 Å². The van der Waals surface area contributed by atoms with Crippen molar-refractivity contribution in [3.05, 3.63) is 16.5 Å². The number of nitrogens with zero attached hydrogens (tertiary/aromatic N) is 2. The van der Waals surface area contributed by atoms with Gasteiger partial charge in [0, 0.05) is 25.1 Å². The third kappa shape index (κ3) is 5.22. The lowest BCUT2D eigenvalue weighted by Gasteiger charge is -2.36. The van der Waals surface area contributed by atoms with Gasteiger partial charge in [-0.3, -0.25) is 0 Å². The first-order valence-electron chi connectivity index (χ1n) is 10.9. The first kappa shape index (κ1) is 24.0. The number of hydrogen-bond donors (Lipinski definition) is 3. The summed E-state index contributed by atoms with van der Waals surface area (Å²) in [5.41, 5.74) is 7.56. The number of aromatic carboxylic acids is 1. The highest BCUT2D eigenvalue weighted by Crippen LogP contribution is 2.39. The van der Waals surface area contributed by atoms with Crippen molar-refractivity contribution in [2.24, 2.45) is 0 Å². The van der Waals surface area contributed by atoms with E-state index in [9.17, 15) is 15.0 Å². The molecule has 0 spiro atoms. The van der Waals surface area contributed by atoms with E-state index in [2.05, 4.69) is 38.8 Å². The summed E-state index contributed by atoms with van der Waals surface area (Å²) in [5, 5.41) is 20.3. The number of nitrogens with two attached hydrogens (primary N) is 1. The van der Waals surface area contributed by atoms with Gasteiger partial charge in [0.1, 0.15) is 15.5 Å². The molecule has 1 fully saturated rings. The third-order valence-electron chi connectivity index (χ3n) is 6.61. The van der Waals surface area contributed by atoms with Gasteiger partial charge >= 0.3 is 5.97 Å². The highest BCUT2D eigenvalue weighted by Gasteiger charge is 2.36. The zero-order chi connectivity index (χ0) is 23.0. The Morgan fingerprint density at radius 1 is 1.35 bits per heavy atom. The van der Waals surface area contributed by atoms with E-state index < -0.39 is 14.3 Å². The molecule has 7 nitrogen and oxygen atoms in total. The molecule has 3 heterocycles. The van der Waals surface area contributed by atoms with Crippen molar-refractivity contribution in [2.45, 2.75) is 70.7 Å². The maximum absolute atomic E-state index is 11.6. The van der Waals surface area contributed by atoms with Crippen molar-refractivity contribution < 1.29 is 19.4 Å². The topological polar surface area (TPSA) is 109 Å². The Hall–Kier alpha value is -1.68. The summed E-state index contributed by atoms with van der Waals surface area (Å²) >= 11 is 1.14. The SMILES string of the molecule is CC(C)(C)[Si](C)(C)OCCCc1cc(N2CCC(O)CC2)nc2sc(C(=O)O)c(N)c12. The van der Waals surface area contributed by atoms with Crippen LogP contribution in [0.3, 0.4) is 0 Å². The number of hydrogen-bond acceptors (Lipinski definition) is 7. The molecule has 3 rings (SSSR count). The molecule has 2 aromatic rings. The number of aromatic nitrogens is 1. The average Bonchev–Trinajstić information content (AvgIpc) is 3.02. The number of aryl methyl sites for hydroxylation is 1. The van der Waals surface area contributed by atoms with Crippen molar-refractivity contribution in [1.29, 1.82) is 0 Å². The van der Waals surface area contributed by atoms with Gasteiger partial charge in [0.05, 0.1) is 11.8 Å². The predicted molar refractivity (Wildman–Crippen MR) is 130 cm³/mol. The lowest BCUT2D eigenvalue weighted by Crippen LogP contribution is -2.41. The molecule has 1 aliphatic rings. The second-order valence-electron chi connectivity index (χ2n) is 9.90. The molecule has 0 atom stereocenters. The van der Waals surface area contributed by atoms with Crippen LogP contribution in [0.2, 0.25) is 18.1 Å². The van der Waals surface area contributed by atoms with Crippen LogP contribution in [0.4, 0.5) is 11.5 Å². The summed E-state index contributed by atoms with van der Waals surface area (Å²) in [4.78, 5) is 19.4. The Labute approximate surface area is 189 Å². The van der Waals surface area contributed by atoms with E-state index in [4.69, 9.17) is 15.1 Å². The van der Waals surface area contributed by atoms with E-state index >= 15 is 0 Å². The number of fused-ring (bicyclic) bond motifs is 1. The van der Waals surface area contributed by atoms with Crippen LogP contribution in [0.5, 0.6) is 0 Å². The number of pyridine rings is 1. The summed E-state index contributed by atoms with van der Waals surface area (Å²) in [7, 11) is -1.81. The molecule has 0 bridgehead atoms. The number of aliphatic hydroxyl groups is 1. The second-order valence-corrected chi connectivity index (χ2v) is 15.7. The quantitative estimate of drug-likeness (QED) is 0.408. The van der Waals surface area contributed by atoms with Gasteiger partial charge in [0.25, 0.3) is 0 Å². The van der Waals surface area contributed by atoms with Crippen LogP contribution in [0.1, 0.15) is 55.3 Å². The van der Waals surface area contributed by atoms with Gasteiger partial charge in [-0.2, -0.15) is 0 Å². The summed E-state index contributed by atoms with van der Waals surface area (Å²) in [5.74, 6) is -0.187. The number of nitrogen functional groups attached to an aromatic ring is 1. The van der Waals surface area contributed by atoms with E-state index in [0.29, 0.717) is 30.0 Å². The van der Waals surface area contributed by atoms with Gasteiger partial charge in [-0.15, -0.1) is 11.3 Å². The highest BCUT2D eigenvalue weighted by atomic mass is 32.1. The number of carbonyl (C=O) groups is 1. The number of thiophene rings is 1. The maximum Gasteiger partial charge on any atom is 0.348 e. The van der Waals surface area contributed by atoms with Gasteiger partial charge < -0.3 is 25.3 Å². The van der Waals surface area contributed by atoms with E-state index in [0.717, 1.165) is 54.0 Å². The van der Waals surface area contributed by atoms with Crippen LogP contribution in [0, 0.1) is 0 Å². The Balaban J connectivity index is 1.86. The number of carboxylic acids is 1. The Morgan fingerprint density at radius 3 is 2.58 bits per heavy atom. The molecule has 172 valence electrons. The molecule has 0 saturated carbocycles. The minimum Gasteiger partial charge on any atom is -0.477 e. The van der Waals surface area contributed by atoms with Crippen LogP contribution in [0.15, 0.2) is 6.07 Å². The molecule has 0 radical (unpaired) electrons. The highest BCUT2D eigenvalue weighted by molar-refractivity contribution is 7.21. The van der Waals surface area contributed by atoms with Gasteiger partial charge in [-0.05, 0) is 55.4 Å². The molecule has 1 saturated heterocycles. The standard InChI is InChI=1S/C22H35N3O4SSi/c1-22(2,3)31(4,5)29-12-6-7-14-13-16(25-10-8-15(26)9-11-25)24-20-17(14)18(23)19(30-20)21(27)28/h13,15,26H,6-12,23H2,1-5H3,(H,27,28). The Morgan fingerprint density at radius 2 is 2.00 bits per heavy atom. The van der Waals surface area contributed by atoms with E-state index in [1.807, 2.05) is 6.07 Å². The molecule has 0 amide bonds. The first-order chi connectivity index (χ1) is 14.4. The molecule has 31 heavy (non-hydrogen) atoms. The predicted octanol–water partition coefficient (Wildman–Crippen LogP) is 4.49. The maximum atomic E-state index is 11.6. The molecule has 4 N–H and O–H groups in total. The summed E-state index contributed by atoms with van der Waals surface area (Å²) in [6, 6.07) is 2.04. The van der Waals surface area contributed by atoms with Crippen LogP contribution < -0.4 is 10.6 Å². The molecule has 1 aliphatic heterocycles. The van der Waals surface area contributed by atoms with E-state index in [1.54, 1.807) is 0 Å². The van der Waals surface area contributed by atoms with Gasteiger partial charge in [-0.1, -0.05) is 20.8 Å². The zero-order valence-electron chi connectivity index (χ0n) is 19.2. The van der Waals surface area contributed by atoms with Gasteiger partial charge in [0.15, 0.2) is 8.32 Å². The van der Waals surface area contributed by atoms with Crippen molar-refractivity contribution in [1.82, 2.24) is 4.98 Å². The minimum absolute atomic E-state index is 0.146. The molecule has 0 aliphatic carbocycles. The molecule has 2 aromatic heterocycles.